The quantitative estimate of drug-likeness (QED) is 0.647. The van der Waals surface area contributed by atoms with Gasteiger partial charge in [0.1, 0.15) is 11.9 Å². The lowest BCUT2D eigenvalue weighted by Gasteiger charge is -2.22. The molecule has 3 aromatic rings. The zero-order valence-corrected chi connectivity index (χ0v) is 16.6. The molecule has 4 rings (SSSR count). The second-order valence-electron chi connectivity index (χ2n) is 6.88. The maximum absolute atomic E-state index is 12.2. The second kappa shape index (κ2) is 9.11. The maximum atomic E-state index is 12.2. The monoisotopic (exact) mass is 411 g/mol. The minimum Gasteiger partial charge on any atom is -0.484 e. The van der Waals surface area contributed by atoms with E-state index in [-0.39, 0.29) is 18.6 Å². The molecule has 0 bridgehead atoms. The van der Waals surface area contributed by atoms with Crippen LogP contribution in [0.25, 0.3) is 0 Å². The molecular formula is C22H22ClN3O3. The van der Waals surface area contributed by atoms with Crippen molar-refractivity contribution in [3.8, 4) is 5.75 Å². The number of halogens is 1. The number of fused-ring (bicyclic) bond motifs is 1. The summed E-state index contributed by atoms with van der Waals surface area (Å²) in [4.78, 5) is 12.2. The van der Waals surface area contributed by atoms with Crippen LogP contribution in [0.15, 0.2) is 60.8 Å². The van der Waals surface area contributed by atoms with Crippen LogP contribution < -0.4 is 10.1 Å². The average Bonchev–Trinajstić information content (AvgIpc) is 3.14. The van der Waals surface area contributed by atoms with Gasteiger partial charge < -0.3 is 14.8 Å². The molecular weight excluding hydrogens is 390 g/mol. The summed E-state index contributed by atoms with van der Waals surface area (Å²) in [6, 6.07) is 17.2. The van der Waals surface area contributed by atoms with E-state index in [1.807, 2.05) is 22.9 Å². The lowest BCUT2D eigenvalue weighted by atomic mass is 10.1. The number of aromatic nitrogens is 2. The molecule has 1 aromatic heterocycles. The van der Waals surface area contributed by atoms with Crippen LogP contribution in [-0.4, -0.2) is 35.4 Å². The number of carbonyl (C=O) groups is 1. The highest BCUT2D eigenvalue weighted by Gasteiger charge is 2.25. The zero-order valence-electron chi connectivity index (χ0n) is 15.9. The lowest BCUT2D eigenvalue weighted by molar-refractivity contribution is -0.123. The number of hydrogen-bond acceptors (Lipinski definition) is 4. The Bertz CT molecular complexity index is 974. The van der Waals surface area contributed by atoms with E-state index in [1.54, 1.807) is 24.3 Å². The van der Waals surface area contributed by atoms with Crippen molar-refractivity contribution in [2.45, 2.75) is 19.1 Å². The van der Waals surface area contributed by atoms with Crippen LogP contribution in [0, 0.1) is 0 Å². The van der Waals surface area contributed by atoms with Crippen molar-refractivity contribution in [1.29, 1.82) is 0 Å². The summed E-state index contributed by atoms with van der Waals surface area (Å²) >= 11 is 5.92. The fraction of sp³-hybridized carbons (Fsp3) is 0.273. The first kappa shape index (κ1) is 19.5. The molecule has 150 valence electrons. The number of amides is 1. The van der Waals surface area contributed by atoms with E-state index in [0.29, 0.717) is 30.5 Å². The normalized spacial score (nSPS) is 15.6. The van der Waals surface area contributed by atoms with E-state index in [0.717, 1.165) is 12.1 Å². The third kappa shape index (κ3) is 5.16. The van der Waals surface area contributed by atoms with Crippen molar-refractivity contribution >= 4 is 17.5 Å². The van der Waals surface area contributed by atoms with Crippen LogP contribution in [0.3, 0.4) is 0 Å². The summed E-state index contributed by atoms with van der Waals surface area (Å²) in [7, 11) is 0. The smallest absolute Gasteiger partial charge is 0.258 e. The van der Waals surface area contributed by atoms with Crippen molar-refractivity contribution in [2.75, 3.05) is 19.8 Å². The summed E-state index contributed by atoms with van der Waals surface area (Å²) < 4.78 is 13.3. The summed E-state index contributed by atoms with van der Waals surface area (Å²) in [5.41, 5.74) is 3.25. The minimum atomic E-state index is -0.258. The number of nitrogens with one attached hydrogen (secondary N) is 1. The van der Waals surface area contributed by atoms with Crippen molar-refractivity contribution < 1.29 is 14.3 Å². The van der Waals surface area contributed by atoms with E-state index < -0.39 is 0 Å². The number of nitrogens with zero attached hydrogens (tertiary/aromatic N) is 2. The molecule has 1 atom stereocenters. The highest BCUT2D eigenvalue weighted by molar-refractivity contribution is 6.30. The summed E-state index contributed by atoms with van der Waals surface area (Å²) in [5, 5.41) is 8.14. The zero-order chi connectivity index (χ0) is 20.1. The van der Waals surface area contributed by atoms with Gasteiger partial charge in [-0.3, -0.25) is 9.48 Å². The molecule has 1 amide bonds. The number of hydrogen-bond donors (Lipinski definition) is 1. The molecule has 2 aromatic carbocycles. The van der Waals surface area contributed by atoms with Gasteiger partial charge in [0.25, 0.3) is 5.91 Å². The van der Waals surface area contributed by atoms with E-state index in [1.165, 1.54) is 11.1 Å². The molecule has 1 aliphatic heterocycles. The fourth-order valence-electron chi connectivity index (χ4n) is 3.30. The molecule has 2 heterocycles. The van der Waals surface area contributed by atoms with Crippen LogP contribution in [0.1, 0.15) is 22.9 Å². The fourth-order valence-corrected chi connectivity index (χ4v) is 3.48. The predicted molar refractivity (Wildman–Crippen MR) is 110 cm³/mol. The summed E-state index contributed by atoms with van der Waals surface area (Å²) in [5.74, 6) is 0.341. The van der Waals surface area contributed by atoms with Crippen molar-refractivity contribution in [2.24, 2.45) is 0 Å². The van der Waals surface area contributed by atoms with E-state index >= 15 is 0 Å². The summed E-state index contributed by atoms with van der Waals surface area (Å²) in [6.07, 6.45) is 2.64. The van der Waals surface area contributed by atoms with Gasteiger partial charge >= 0.3 is 0 Å². The van der Waals surface area contributed by atoms with Crippen molar-refractivity contribution in [3.05, 3.63) is 82.6 Å². The maximum Gasteiger partial charge on any atom is 0.258 e. The Morgan fingerprint density at radius 3 is 2.93 bits per heavy atom. The summed E-state index contributed by atoms with van der Waals surface area (Å²) in [6.45, 7) is 1.60. The van der Waals surface area contributed by atoms with Crippen LogP contribution in [-0.2, 0) is 22.5 Å². The van der Waals surface area contributed by atoms with Gasteiger partial charge in [0.2, 0.25) is 0 Å². The van der Waals surface area contributed by atoms with Crippen molar-refractivity contribution in [3.63, 3.8) is 0 Å². The SMILES string of the molecule is O=C(COc1cccc(Cl)c1)NCC1OCCc2cn(Cc3ccccc3)nc21. The van der Waals surface area contributed by atoms with Crippen molar-refractivity contribution in [1.82, 2.24) is 15.1 Å². The molecule has 1 aliphatic rings. The van der Waals surface area contributed by atoms with Gasteiger partial charge in [-0.25, -0.2) is 0 Å². The van der Waals surface area contributed by atoms with Gasteiger partial charge in [-0.15, -0.1) is 0 Å². The molecule has 7 heteroatoms. The molecule has 0 spiro atoms. The van der Waals surface area contributed by atoms with Gasteiger partial charge in [0, 0.05) is 17.8 Å². The Labute approximate surface area is 174 Å². The van der Waals surface area contributed by atoms with Crippen LogP contribution >= 0.6 is 11.6 Å². The molecule has 0 fully saturated rings. The molecule has 6 nitrogen and oxygen atoms in total. The molecule has 1 unspecified atom stereocenters. The van der Waals surface area contributed by atoms with E-state index in [9.17, 15) is 4.79 Å². The number of carbonyl (C=O) groups excluding carboxylic acids is 1. The first-order chi connectivity index (χ1) is 14.2. The van der Waals surface area contributed by atoms with E-state index in [4.69, 9.17) is 26.2 Å². The van der Waals surface area contributed by atoms with Gasteiger partial charge in [-0.2, -0.15) is 5.10 Å². The molecule has 29 heavy (non-hydrogen) atoms. The first-order valence-corrected chi connectivity index (χ1v) is 9.92. The Morgan fingerprint density at radius 1 is 1.24 bits per heavy atom. The Morgan fingerprint density at radius 2 is 2.10 bits per heavy atom. The van der Waals surface area contributed by atoms with Gasteiger partial charge in [0.05, 0.1) is 18.8 Å². The van der Waals surface area contributed by atoms with Crippen LogP contribution in [0.4, 0.5) is 0 Å². The van der Waals surface area contributed by atoms with Gasteiger partial charge in [-0.05, 0) is 35.7 Å². The number of ether oxygens (including phenoxy) is 2. The standard InChI is InChI=1S/C22H22ClN3O3/c23-18-7-4-8-19(11-18)29-15-21(27)24-12-20-22-17(9-10-28-20)14-26(25-22)13-16-5-2-1-3-6-16/h1-8,11,14,20H,9-10,12-13,15H2,(H,24,27). The van der Waals surface area contributed by atoms with Crippen LogP contribution in [0.2, 0.25) is 5.02 Å². The molecule has 1 N–H and O–H groups in total. The number of benzene rings is 2. The minimum absolute atomic E-state index is 0.0810. The molecule has 0 saturated heterocycles. The Kier molecular flexibility index (Phi) is 6.12. The third-order valence-corrected chi connectivity index (χ3v) is 4.94. The molecule has 0 saturated carbocycles. The first-order valence-electron chi connectivity index (χ1n) is 9.54. The molecule has 0 radical (unpaired) electrons. The van der Waals surface area contributed by atoms with Crippen LogP contribution in [0.5, 0.6) is 5.75 Å². The largest absolute Gasteiger partial charge is 0.484 e. The Balaban J connectivity index is 1.32. The highest BCUT2D eigenvalue weighted by atomic mass is 35.5. The van der Waals surface area contributed by atoms with Gasteiger partial charge in [-0.1, -0.05) is 48.0 Å². The number of rotatable bonds is 7. The predicted octanol–water partition coefficient (Wildman–Crippen LogP) is 3.39. The topological polar surface area (TPSA) is 65.4 Å². The van der Waals surface area contributed by atoms with Gasteiger partial charge in [0.15, 0.2) is 6.61 Å². The Hall–Kier alpha value is -2.83. The lowest BCUT2D eigenvalue weighted by Crippen LogP contribution is -2.34. The highest BCUT2D eigenvalue weighted by Crippen LogP contribution is 2.25. The molecule has 0 aliphatic carbocycles. The second-order valence-corrected chi connectivity index (χ2v) is 7.32. The third-order valence-electron chi connectivity index (χ3n) is 4.70. The average molecular weight is 412 g/mol. The van der Waals surface area contributed by atoms with E-state index in [2.05, 4.69) is 23.6 Å².